The van der Waals surface area contributed by atoms with Crippen molar-refractivity contribution in [3.05, 3.63) is 29.1 Å². The average molecular weight is 222 g/mol. The first kappa shape index (κ1) is 10.4. The van der Waals surface area contributed by atoms with Gasteiger partial charge in [-0.3, -0.25) is 0 Å². The zero-order chi connectivity index (χ0) is 10.7. The molecule has 0 aliphatic heterocycles. The summed E-state index contributed by atoms with van der Waals surface area (Å²) in [6, 6.07) is 2.14. The van der Waals surface area contributed by atoms with Gasteiger partial charge in [-0.05, 0) is 30.5 Å². The van der Waals surface area contributed by atoms with E-state index in [2.05, 4.69) is 28.7 Å². The van der Waals surface area contributed by atoms with Gasteiger partial charge in [0.05, 0.1) is 4.88 Å². The van der Waals surface area contributed by atoms with Crippen LogP contribution in [0.15, 0.2) is 22.3 Å². The third-order valence-corrected chi connectivity index (χ3v) is 3.27. The fraction of sp³-hybridized carbons (Fsp3) is 0.364. The van der Waals surface area contributed by atoms with Gasteiger partial charge in [-0.1, -0.05) is 6.92 Å². The van der Waals surface area contributed by atoms with Crippen molar-refractivity contribution >= 4 is 11.3 Å². The molecule has 1 N–H and O–H groups in total. The predicted molar refractivity (Wildman–Crippen MR) is 62.0 cm³/mol. The summed E-state index contributed by atoms with van der Waals surface area (Å²) >= 11 is 1.71. The van der Waals surface area contributed by atoms with Gasteiger partial charge in [-0.2, -0.15) is 0 Å². The van der Waals surface area contributed by atoms with E-state index >= 15 is 0 Å². The Morgan fingerprint density at radius 2 is 2.40 bits per heavy atom. The molecule has 0 aliphatic carbocycles. The van der Waals surface area contributed by atoms with Crippen LogP contribution in [-0.2, 0) is 13.0 Å². The van der Waals surface area contributed by atoms with E-state index in [9.17, 15) is 0 Å². The number of aromatic nitrogens is 1. The lowest BCUT2D eigenvalue weighted by Crippen LogP contribution is -2.06. The van der Waals surface area contributed by atoms with Gasteiger partial charge in [0.2, 0.25) is 0 Å². The lowest BCUT2D eigenvalue weighted by molar-refractivity contribution is 0.571. The van der Waals surface area contributed by atoms with E-state index in [-0.39, 0.29) is 0 Å². The minimum absolute atomic E-state index is 0.743. The Kier molecular flexibility index (Phi) is 3.18. The molecule has 15 heavy (non-hydrogen) atoms. The van der Waals surface area contributed by atoms with Crippen LogP contribution >= 0.6 is 11.3 Å². The fourth-order valence-electron chi connectivity index (χ4n) is 1.56. The zero-order valence-electron chi connectivity index (χ0n) is 8.91. The molecule has 0 aliphatic rings. The van der Waals surface area contributed by atoms with Crippen molar-refractivity contribution in [2.75, 3.05) is 7.05 Å². The molecule has 0 atom stereocenters. The van der Waals surface area contributed by atoms with Gasteiger partial charge in [0.15, 0.2) is 12.2 Å². The summed E-state index contributed by atoms with van der Waals surface area (Å²) in [4.78, 5) is 5.42. The number of rotatable bonds is 4. The summed E-state index contributed by atoms with van der Waals surface area (Å²) < 4.78 is 5.46. The number of nitrogens with one attached hydrogen (secondary N) is 1. The molecule has 0 saturated carbocycles. The van der Waals surface area contributed by atoms with E-state index in [0.717, 1.165) is 24.4 Å². The predicted octanol–water partition coefficient (Wildman–Crippen LogP) is 2.68. The maximum Gasteiger partial charge on any atom is 0.181 e. The molecule has 0 unspecified atom stereocenters. The lowest BCUT2D eigenvalue weighted by Gasteiger charge is -2.00. The Hall–Kier alpha value is -1.13. The van der Waals surface area contributed by atoms with Crippen LogP contribution in [0.1, 0.15) is 18.2 Å². The molecule has 2 aromatic heterocycles. The number of hydrogen-bond acceptors (Lipinski definition) is 4. The van der Waals surface area contributed by atoms with E-state index in [0.29, 0.717) is 0 Å². The Balaban J connectivity index is 2.40. The number of aryl methyl sites for hydroxylation is 1. The highest BCUT2D eigenvalue weighted by Crippen LogP contribution is 2.32. The first-order chi connectivity index (χ1) is 7.36. The van der Waals surface area contributed by atoms with Crippen molar-refractivity contribution in [2.45, 2.75) is 19.9 Å². The second-order valence-electron chi connectivity index (χ2n) is 3.29. The van der Waals surface area contributed by atoms with Crippen LogP contribution in [0.2, 0.25) is 0 Å². The summed E-state index contributed by atoms with van der Waals surface area (Å²) in [5.41, 5.74) is 2.31. The van der Waals surface area contributed by atoms with Gasteiger partial charge in [0.1, 0.15) is 5.69 Å². The maximum absolute atomic E-state index is 5.46. The molecule has 3 nitrogen and oxygen atoms in total. The highest BCUT2D eigenvalue weighted by molar-refractivity contribution is 7.13. The van der Waals surface area contributed by atoms with Crippen LogP contribution in [0.25, 0.3) is 10.6 Å². The zero-order valence-corrected chi connectivity index (χ0v) is 9.73. The molecule has 0 aromatic carbocycles. The molecule has 4 heteroatoms. The van der Waals surface area contributed by atoms with E-state index < -0.39 is 0 Å². The van der Waals surface area contributed by atoms with Crippen molar-refractivity contribution in [3.63, 3.8) is 0 Å². The monoisotopic (exact) mass is 222 g/mol. The average Bonchev–Trinajstić information content (AvgIpc) is 2.84. The molecule has 0 radical (unpaired) electrons. The van der Waals surface area contributed by atoms with E-state index in [1.54, 1.807) is 11.3 Å². The standard InChI is InChI=1S/C11H14N2OS/c1-3-8-4-5-15-11(8)10-9(6-12-2)13-7-14-10/h4-5,7,12H,3,6H2,1-2H3. The smallest absolute Gasteiger partial charge is 0.181 e. The van der Waals surface area contributed by atoms with Gasteiger partial charge in [-0.15, -0.1) is 11.3 Å². The van der Waals surface area contributed by atoms with Crippen molar-refractivity contribution in [3.8, 4) is 10.6 Å². The quantitative estimate of drug-likeness (QED) is 0.864. The molecule has 2 aromatic rings. The third-order valence-electron chi connectivity index (χ3n) is 2.32. The molecule has 0 saturated heterocycles. The summed E-state index contributed by atoms with van der Waals surface area (Å²) in [5.74, 6) is 0.913. The Labute approximate surface area is 93.2 Å². The summed E-state index contributed by atoms with van der Waals surface area (Å²) in [6.45, 7) is 2.90. The second-order valence-corrected chi connectivity index (χ2v) is 4.20. The van der Waals surface area contributed by atoms with Gasteiger partial charge in [0.25, 0.3) is 0 Å². The largest absolute Gasteiger partial charge is 0.442 e. The molecule has 2 heterocycles. The Morgan fingerprint density at radius 3 is 3.13 bits per heavy atom. The molecule has 0 fully saturated rings. The molecule has 80 valence electrons. The molecule has 0 bridgehead atoms. The maximum atomic E-state index is 5.46. The summed E-state index contributed by atoms with van der Waals surface area (Å²) in [5, 5.41) is 5.19. The van der Waals surface area contributed by atoms with E-state index in [1.807, 2.05) is 7.05 Å². The molecule has 0 amide bonds. The lowest BCUT2D eigenvalue weighted by atomic mass is 10.1. The number of nitrogens with zero attached hydrogens (tertiary/aromatic N) is 1. The molecular weight excluding hydrogens is 208 g/mol. The second kappa shape index (κ2) is 4.59. The van der Waals surface area contributed by atoms with E-state index in [4.69, 9.17) is 4.42 Å². The number of oxazole rings is 1. The molecule has 2 rings (SSSR count). The van der Waals surface area contributed by atoms with Gasteiger partial charge < -0.3 is 9.73 Å². The SMILES string of the molecule is CCc1ccsc1-c1ocnc1CNC. The van der Waals surface area contributed by atoms with Gasteiger partial charge >= 0.3 is 0 Å². The Morgan fingerprint density at radius 1 is 1.53 bits per heavy atom. The first-order valence-corrected chi connectivity index (χ1v) is 5.88. The van der Waals surface area contributed by atoms with Crippen LogP contribution in [0.5, 0.6) is 0 Å². The Bertz CT molecular complexity index is 433. The highest BCUT2D eigenvalue weighted by atomic mass is 32.1. The minimum atomic E-state index is 0.743. The van der Waals surface area contributed by atoms with Crippen LogP contribution in [0, 0.1) is 0 Å². The first-order valence-electron chi connectivity index (χ1n) is 5.00. The summed E-state index contributed by atoms with van der Waals surface area (Å²) in [6.07, 6.45) is 2.54. The van der Waals surface area contributed by atoms with Crippen LogP contribution < -0.4 is 5.32 Å². The van der Waals surface area contributed by atoms with Crippen molar-refractivity contribution in [1.82, 2.24) is 10.3 Å². The fourth-order valence-corrected chi connectivity index (χ4v) is 2.57. The van der Waals surface area contributed by atoms with Gasteiger partial charge in [0, 0.05) is 6.54 Å². The van der Waals surface area contributed by atoms with Crippen molar-refractivity contribution in [2.24, 2.45) is 0 Å². The normalized spacial score (nSPS) is 10.8. The topological polar surface area (TPSA) is 38.1 Å². The number of thiophene rings is 1. The van der Waals surface area contributed by atoms with Crippen molar-refractivity contribution in [1.29, 1.82) is 0 Å². The highest BCUT2D eigenvalue weighted by Gasteiger charge is 2.14. The van der Waals surface area contributed by atoms with Crippen LogP contribution in [-0.4, -0.2) is 12.0 Å². The molecular formula is C11H14N2OS. The van der Waals surface area contributed by atoms with Crippen LogP contribution in [0.4, 0.5) is 0 Å². The van der Waals surface area contributed by atoms with Crippen LogP contribution in [0.3, 0.4) is 0 Å². The molecule has 0 spiro atoms. The van der Waals surface area contributed by atoms with Gasteiger partial charge in [-0.25, -0.2) is 4.98 Å². The van der Waals surface area contributed by atoms with E-state index in [1.165, 1.54) is 16.8 Å². The number of hydrogen-bond donors (Lipinski definition) is 1. The minimum Gasteiger partial charge on any atom is -0.442 e. The van der Waals surface area contributed by atoms with Crippen molar-refractivity contribution < 1.29 is 4.42 Å². The summed E-state index contributed by atoms with van der Waals surface area (Å²) in [7, 11) is 1.91. The third kappa shape index (κ3) is 1.96.